The Bertz CT molecular complexity index is 752. The van der Waals surface area contributed by atoms with Crippen molar-refractivity contribution in [1.29, 1.82) is 0 Å². The second-order valence-electron chi connectivity index (χ2n) is 6.41. The Kier molecular flexibility index (Phi) is 7.15. The van der Waals surface area contributed by atoms with Crippen LogP contribution < -0.4 is 10.6 Å². The zero-order valence-corrected chi connectivity index (χ0v) is 15.5. The van der Waals surface area contributed by atoms with Crippen molar-refractivity contribution in [3.8, 4) is 0 Å². The van der Waals surface area contributed by atoms with Gasteiger partial charge >= 0.3 is 0 Å². The van der Waals surface area contributed by atoms with Gasteiger partial charge in [0.05, 0.1) is 0 Å². The molecule has 0 fully saturated rings. The summed E-state index contributed by atoms with van der Waals surface area (Å²) in [5.74, 6) is -0.446. The third-order valence-corrected chi connectivity index (χ3v) is 3.91. The van der Waals surface area contributed by atoms with E-state index in [2.05, 4.69) is 10.6 Å². The fraction of sp³-hybridized carbons (Fsp3) is 0.273. The molecule has 0 radical (unpaired) electrons. The molecule has 0 unspecified atom stereocenters. The molecule has 0 spiro atoms. The lowest BCUT2D eigenvalue weighted by Gasteiger charge is -2.21. The fourth-order valence-corrected chi connectivity index (χ4v) is 2.62. The summed E-state index contributed by atoms with van der Waals surface area (Å²) in [6.07, 6.45) is 2.44. The van der Waals surface area contributed by atoms with Crippen molar-refractivity contribution in [2.45, 2.75) is 39.3 Å². The minimum absolute atomic E-state index is 0.00359. The van der Waals surface area contributed by atoms with E-state index >= 15 is 0 Å². The first-order chi connectivity index (χ1) is 12.5. The minimum atomic E-state index is -0.725. The molecule has 2 rings (SSSR count). The van der Waals surface area contributed by atoms with Gasteiger partial charge in [-0.1, -0.05) is 67.6 Å². The number of amides is 2. The third kappa shape index (κ3) is 5.59. The van der Waals surface area contributed by atoms with Gasteiger partial charge in [0.1, 0.15) is 6.04 Å². The van der Waals surface area contributed by atoms with Crippen LogP contribution in [0.4, 0.5) is 0 Å². The summed E-state index contributed by atoms with van der Waals surface area (Å²) in [5, 5.41) is 5.77. The van der Waals surface area contributed by atoms with Gasteiger partial charge in [0, 0.05) is 11.6 Å². The molecule has 2 N–H and O–H groups in total. The van der Waals surface area contributed by atoms with Crippen LogP contribution in [0.1, 0.15) is 44.4 Å². The van der Waals surface area contributed by atoms with E-state index in [0.29, 0.717) is 12.0 Å². The molecule has 0 bridgehead atoms. The number of nitrogens with one attached hydrogen (secondary N) is 2. The summed E-state index contributed by atoms with van der Waals surface area (Å²) in [7, 11) is 0. The molecule has 0 aliphatic heterocycles. The van der Waals surface area contributed by atoms with Crippen LogP contribution in [0.25, 0.3) is 6.08 Å². The van der Waals surface area contributed by atoms with Crippen molar-refractivity contribution in [3.05, 3.63) is 77.4 Å². The number of benzene rings is 2. The molecule has 2 amide bonds. The molecular weight excluding hydrogens is 324 g/mol. The molecule has 2 aromatic carbocycles. The van der Waals surface area contributed by atoms with Gasteiger partial charge in [-0.2, -0.15) is 0 Å². The minimum Gasteiger partial charge on any atom is -0.352 e. The van der Waals surface area contributed by atoms with Crippen molar-refractivity contribution in [2.24, 2.45) is 0 Å². The van der Waals surface area contributed by atoms with E-state index in [0.717, 1.165) is 11.1 Å². The number of hydrogen-bond donors (Lipinski definition) is 2. The van der Waals surface area contributed by atoms with Gasteiger partial charge in [0.25, 0.3) is 0 Å². The lowest BCUT2D eigenvalue weighted by Crippen LogP contribution is -2.43. The highest BCUT2D eigenvalue weighted by Gasteiger charge is 2.24. The van der Waals surface area contributed by atoms with Gasteiger partial charge < -0.3 is 10.6 Å². The molecule has 0 aliphatic rings. The van der Waals surface area contributed by atoms with E-state index in [9.17, 15) is 9.59 Å². The lowest BCUT2D eigenvalue weighted by atomic mass is 10.0. The van der Waals surface area contributed by atoms with Crippen LogP contribution in [0.5, 0.6) is 0 Å². The summed E-state index contributed by atoms with van der Waals surface area (Å²) in [5.41, 5.74) is 2.35. The maximum absolute atomic E-state index is 12.8. The van der Waals surface area contributed by atoms with Crippen LogP contribution in [0, 0.1) is 0 Å². The Morgan fingerprint density at radius 2 is 1.50 bits per heavy atom. The number of rotatable bonds is 7. The standard InChI is InChI=1S/C22H26N2O2/c1-4-18(15-17-11-7-5-8-12-17)21(25)24-20(22(26)23-16(2)3)19-13-9-6-10-14-19/h5-16,20H,4H2,1-3H3,(H,23,26)(H,24,25)/b18-15+/t20-/m0/s1. The summed E-state index contributed by atoms with van der Waals surface area (Å²) in [6.45, 7) is 5.73. The van der Waals surface area contributed by atoms with E-state index < -0.39 is 6.04 Å². The molecular formula is C22H26N2O2. The number of carbonyl (C=O) groups is 2. The molecule has 0 saturated carbocycles. The monoisotopic (exact) mass is 350 g/mol. The largest absolute Gasteiger partial charge is 0.352 e. The van der Waals surface area contributed by atoms with Gasteiger partial charge in [0.15, 0.2) is 0 Å². The summed E-state index contributed by atoms with van der Waals surface area (Å²) in [4.78, 5) is 25.4. The molecule has 26 heavy (non-hydrogen) atoms. The highest BCUT2D eigenvalue weighted by Crippen LogP contribution is 2.16. The van der Waals surface area contributed by atoms with Crippen LogP contribution in [-0.2, 0) is 9.59 Å². The Labute approximate surface area is 155 Å². The first kappa shape index (κ1) is 19.4. The average molecular weight is 350 g/mol. The Morgan fingerprint density at radius 3 is 2.04 bits per heavy atom. The lowest BCUT2D eigenvalue weighted by molar-refractivity contribution is -0.128. The molecule has 0 heterocycles. The second-order valence-corrected chi connectivity index (χ2v) is 6.41. The first-order valence-corrected chi connectivity index (χ1v) is 8.93. The summed E-state index contributed by atoms with van der Waals surface area (Å²) < 4.78 is 0. The Morgan fingerprint density at radius 1 is 0.923 bits per heavy atom. The third-order valence-electron chi connectivity index (χ3n) is 3.91. The molecule has 0 aliphatic carbocycles. The van der Waals surface area contributed by atoms with Gasteiger partial charge in [-0.05, 0) is 37.5 Å². The molecule has 4 heteroatoms. The summed E-state index contributed by atoms with van der Waals surface area (Å²) >= 11 is 0. The van der Waals surface area contributed by atoms with Crippen molar-refractivity contribution in [2.75, 3.05) is 0 Å². The van der Waals surface area contributed by atoms with E-state index in [4.69, 9.17) is 0 Å². The van der Waals surface area contributed by atoms with E-state index in [1.54, 1.807) is 0 Å². The summed E-state index contributed by atoms with van der Waals surface area (Å²) in [6, 6.07) is 18.3. The molecule has 4 nitrogen and oxygen atoms in total. The number of carbonyl (C=O) groups excluding carboxylic acids is 2. The van der Waals surface area contributed by atoms with Crippen LogP contribution in [0.2, 0.25) is 0 Å². The fourth-order valence-electron chi connectivity index (χ4n) is 2.62. The molecule has 2 aromatic rings. The van der Waals surface area contributed by atoms with Crippen molar-refractivity contribution in [1.82, 2.24) is 10.6 Å². The highest BCUT2D eigenvalue weighted by molar-refractivity contribution is 6.00. The topological polar surface area (TPSA) is 58.2 Å². The van der Waals surface area contributed by atoms with Gasteiger partial charge in [0.2, 0.25) is 11.8 Å². The van der Waals surface area contributed by atoms with Gasteiger partial charge in [-0.25, -0.2) is 0 Å². The number of hydrogen-bond acceptors (Lipinski definition) is 2. The van der Waals surface area contributed by atoms with E-state index in [1.807, 2.05) is 87.5 Å². The Hall–Kier alpha value is -2.88. The molecule has 0 saturated heterocycles. The quantitative estimate of drug-likeness (QED) is 0.745. The maximum Gasteiger partial charge on any atom is 0.248 e. The van der Waals surface area contributed by atoms with Crippen LogP contribution in [0.3, 0.4) is 0 Å². The van der Waals surface area contributed by atoms with Crippen LogP contribution in [0.15, 0.2) is 66.2 Å². The molecule has 0 aromatic heterocycles. The van der Waals surface area contributed by atoms with Crippen molar-refractivity contribution in [3.63, 3.8) is 0 Å². The second kappa shape index (κ2) is 9.56. The predicted molar refractivity (Wildman–Crippen MR) is 105 cm³/mol. The SMILES string of the molecule is CC/C(=C\c1ccccc1)C(=O)N[C@H](C(=O)NC(C)C)c1ccccc1. The van der Waals surface area contributed by atoms with Crippen LogP contribution >= 0.6 is 0 Å². The highest BCUT2D eigenvalue weighted by atomic mass is 16.2. The average Bonchev–Trinajstić information content (AvgIpc) is 2.64. The molecule has 136 valence electrons. The van der Waals surface area contributed by atoms with Crippen molar-refractivity contribution < 1.29 is 9.59 Å². The zero-order chi connectivity index (χ0) is 18.9. The Balaban J connectivity index is 2.24. The van der Waals surface area contributed by atoms with Gasteiger partial charge in [-0.3, -0.25) is 9.59 Å². The predicted octanol–water partition coefficient (Wildman–Crippen LogP) is 3.86. The maximum atomic E-state index is 12.8. The van der Waals surface area contributed by atoms with Crippen LogP contribution in [-0.4, -0.2) is 17.9 Å². The first-order valence-electron chi connectivity index (χ1n) is 8.93. The molecule has 1 atom stereocenters. The van der Waals surface area contributed by atoms with Crippen molar-refractivity contribution >= 4 is 17.9 Å². The van der Waals surface area contributed by atoms with Gasteiger partial charge in [-0.15, -0.1) is 0 Å². The van der Waals surface area contributed by atoms with E-state index in [1.165, 1.54) is 0 Å². The van der Waals surface area contributed by atoms with E-state index in [-0.39, 0.29) is 17.9 Å². The normalized spacial score (nSPS) is 12.5. The smallest absolute Gasteiger partial charge is 0.248 e. The zero-order valence-electron chi connectivity index (χ0n) is 15.5.